The highest BCUT2D eigenvalue weighted by molar-refractivity contribution is 5.93. The monoisotopic (exact) mass is 289 g/mol. The van der Waals surface area contributed by atoms with Gasteiger partial charge < -0.3 is 10.4 Å². The Hall–Kier alpha value is -1.88. The Balaban J connectivity index is 1.95. The van der Waals surface area contributed by atoms with Gasteiger partial charge in [0.25, 0.3) is 5.91 Å². The first kappa shape index (κ1) is 15.5. The van der Waals surface area contributed by atoms with Crippen LogP contribution < -0.4 is 5.32 Å². The number of nitrogens with one attached hydrogen (secondary N) is 1. The van der Waals surface area contributed by atoms with E-state index in [0.29, 0.717) is 12.2 Å². The molecule has 2 aromatic heterocycles. The average molecular weight is 289 g/mol. The molecule has 5 nitrogen and oxygen atoms in total. The number of aryl methyl sites for hydroxylation is 1. The smallest absolute Gasteiger partial charge is 0.269 e. The molecule has 2 rings (SSSR count). The van der Waals surface area contributed by atoms with Gasteiger partial charge in [0.2, 0.25) is 0 Å². The third-order valence-electron chi connectivity index (χ3n) is 3.63. The van der Waals surface area contributed by atoms with Crippen LogP contribution in [0.3, 0.4) is 0 Å². The quantitative estimate of drug-likeness (QED) is 0.801. The van der Waals surface area contributed by atoms with E-state index in [-0.39, 0.29) is 17.9 Å². The van der Waals surface area contributed by atoms with Gasteiger partial charge in [0.1, 0.15) is 11.3 Å². The van der Waals surface area contributed by atoms with E-state index in [0.717, 1.165) is 24.1 Å². The number of carbonyl (C=O) groups excluding carboxylic acids is 1. The molecule has 0 atom stereocenters. The van der Waals surface area contributed by atoms with Crippen LogP contribution in [0.4, 0.5) is 0 Å². The number of aliphatic hydroxyl groups is 1. The number of nitrogens with zero attached hydrogens (tertiary/aromatic N) is 2. The molecule has 114 valence electrons. The minimum absolute atomic E-state index is 0.0921. The second-order valence-electron chi connectivity index (χ2n) is 6.26. The van der Waals surface area contributed by atoms with Gasteiger partial charge in [-0.3, -0.25) is 9.20 Å². The van der Waals surface area contributed by atoms with E-state index in [1.807, 2.05) is 43.5 Å². The van der Waals surface area contributed by atoms with Crippen molar-refractivity contribution in [1.29, 1.82) is 0 Å². The molecule has 0 aliphatic heterocycles. The number of rotatable bonds is 6. The summed E-state index contributed by atoms with van der Waals surface area (Å²) in [6.07, 6.45) is 5.22. The molecule has 5 heteroatoms. The van der Waals surface area contributed by atoms with Crippen LogP contribution in [-0.2, 0) is 0 Å². The Kier molecular flexibility index (Phi) is 4.63. The summed E-state index contributed by atoms with van der Waals surface area (Å²) in [5.41, 5.74) is 2.31. The molecule has 0 aliphatic rings. The number of aliphatic hydroxyl groups excluding tert-OH is 1. The van der Waals surface area contributed by atoms with Gasteiger partial charge in [-0.2, -0.15) is 0 Å². The highest BCUT2D eigenvalue weighted by Gasteiger charge is 2.16. The van der Waals surface area contributed by atoms with Gasteiger partial charge in [-0.1, -0.05) is 19.9 Å². The Morgan fingerprint density at radius 3 is 2.90 bits per heavy atom. The number of hydrogen-bond donors (Lipinski definition) is 2. The van der Waals surface area contributed by atoms with Crippen LogP contribution in [0.2, 0.25) is 0 Å². The summed E-state index contributed by atoms with van der Waals surface area (Å²) in [4.78, 5) is 16.4. The lowest BCUT2D eigenvalue weighted by molar-refractivity contribution is 0.0942. The second-order valence-corrected chi connectivity index (χ2v) is 6.26. The fourth-order valence-corrected chi connectivity index (χ4v) is 2.19. The second kappa shape index (κ2) is 6.26. The van der Waals surface area contributed by atoms with E-state index in [2.05, 4.69) is 10.3 Å². The molecule has 0 spiro atoms. The van der Waals surface area contributed by atoms with Crippen molar-refractivity contribution in [3.63, 3.8) is 0 Å². The third-order valence-corrected chi connectivity index (χ3v) is 3.63. The molecule has 0 radical (unpaired) electrons. The Morgan fingerprint density at radius 1 is 1.43 bits per heavy atom. The van der Waals surface area contributed by atoms with Gasteiger partial charge in [-0.15, -0.1) is 0 Å². The van der Waals surface area contributed by atoms with E-state index in [1.165, 1.54) is 0 Å². The fraction of sp³-hybridized carbons (Fsp3) is 0.500. The Morgan fingerprint density at radius 2 is 2.19 bits per heavy atom. The Labute approximate surface area is 125 Å². The number of aromatic nitrogens is 2. The molecule has 0 aromatic carbocycles. The molecule has 0 fully saturated rings. The number of imidazole rings is 1. The third kappa shape index (κ3) is 3.82. The summed E-state index contributed by atoms with van der Waals surface area (Å²) in [6.45, 7) is 6.77. The molecule has 0 bridgehead atoms. The van der Waals surface area contributed by atoms with Crippen LogP contribution in [0.1, 0.15) is 42.7 Å². The van der Waals surface area contributed by atoms with Crippen molar-refractivity contribution in [3.8, 4) is 0 Å². The molecular weight excluding hydrogens is 266 g/mol. The zero-order chi connectivity index (χ0) is 15.5. The summed E-state index contributed by atoms with van der Waals surface area (Å²) in [7, 11) is 0. The summed E-state index contributed by atoms with van der Waals surface area (Å²) in [6, 6.07) is 3.87. The summed E-state index contributed by atoms with van der Waals surface area (Å²) >= 11 is 0. The minimum atomic E-state index is -0.116. The first-order valence-corrected chi connectivity index (χ1v) is 7.26. The standard InChI is InChI=1S/C16H23N3O2/c1-12-5-6-14-18-9-13(19(14)10-12)15(21)17-8-4-7-16(2,3)11-20/h5-6,9-10,20H,4,7-8,11H2,1-3H3,(H,17,21). The first-order chi connectivity index (χ1) is 9.93. The van der Waals surface area contributed by atoms with Crippen LogP contribution in [0.5, 0.6) is 0 Å². The summed E-state index contributed by atoms with van der Waals surface area (Å²) < 4.78 is 1.81. The van der Waals surface area contributed by atoms with E-state index >= 15 is 0 Å². The maximum absolute atomic E-state index is 12.2. The van der Waals surface area contributed by atoms with Crippen LogP contribution >= 0.6 is 0 Å². The molecule has 2 heterocycles. The van der Waals surface area contributed by atoms with E-state index < -0.39 is 0 Å². The highest BCUT2D eigenvalue weighted by Crippen LogP contribution is 2.20. The lowest BCUT2D eigenvalue weighted by atomic mass is 9.89. The van der Waals surface area contributed by atoms with Crippen molar-refractivity contribution in [1.82, 2.24) is 14.7 Å². The molecule has 0 saturated heterocycles. The predicted octanol–water partition coefficient (Wildman–Crippen LogP) is 2.17. The molecule has 2 aromatic rings. The van der Waals surface area contributed by atoms with Crippen molar-refractivity contribution in [2.24, 2.45) is 5.41 Å². The number of fused-ring (bicyclic) bond motifs is 1. The SMILES string of the molecule is Cc1ccc2ncc(C(=O)NCCCC(C)(C)CO)n2c1. The number of pyridine rings is 1. The molecular formula is C16H23N3O2. The van der Waals surface area contributed by atoms with Crippen molar-refractivity contribution >= 4 is 11.6 Å². The van der Waals surface area contributed by atoms with Crippen molar-refractivity contribution < 1.29 is 9.90 Å². The topological polar surface area (TPSA) is 66.6 Å². The van der Waals surface area contributed by atoms with Gasteiger partial charge in [0.15, 0.2) is 0 Å². The number of carbonyl (C=O) groups is 1. The van der Waals surface area contributed by atoms with Gasteiger partial charge >= 0.3 is 0 Å². The molecule has 21 heavy (non-hydrogen) atoms. The largest absolute Gasteiger partial charge is 0.396 e. The normalized spacial score (nSPS) is 11.8. The zero-order valence-corrected chi connectivity index (χ0v) is 12.9. The number of amides is 1. The summed E-state index contributed by atoms with van der Waals surface area (Å²) in [5.74, 6) is -0.116. The van der Waals surface area contributed by atoms with Crippen molar-refractivity contribution in [2.45, 2.75) is 33.6 Å². The van der Waals surface area contributed by atoms with Crippen LogP contribution in [0.15, 0.2) is 24.5 Å². The highest BCUT2D eigenvalue weighted by atomic mass is 16.3. The molecule has 0 saturated carbocycles. The van der Waals surface area contributed by atoms with Crippen molar-refractivity contribution in [3.05, 3.63) is 35.8 Å². The van der Waals surface area contributed by atoms with Gasteiger partial charge in [0, 0.05) is 19.3 Å². The lowest BCUT2D eigenvalue weighted by Gasteiger charge is -2.21. The number of hydrogen-bond acceptors (Lipinski definition) is 3. The fourth-order valence-electron chi connectivity index (χ4n) is 2.19. The molecule has 0 unspecified atom stereocenters. The molecule has 0 aliphatic carbocycles. The maximum atomic E-state index is 12.2. The lowest BCUT2D eigenvalue weighted by Crippen LogP contribution is -2.27. The minimum Gasteiger partial charge on any atom is -0.396 e. The Bertz CT molecular complexity index is 631. The van der Waals surface area contributed by atoms with Gasteiger partial charge in [-0.05, 0) is 36.8 Å². The van der Waals surface area contributed by atoms with Gasteiger partial charge in [-0.25, -0.2) is 4.98 Å². The summed E-state index contributed by atoms with van der Waals surface area (Å²) in [5, 5.41) is 12.1. The first-order valence-electron chi connectivity index (χ1n) is 7.26. The zero-order valence-electron chi connectivity index (χ0n) is 12.9. The molecule has 2 N–H and O–H groups in total. The van der Waals surface area contributed by atoms with Crippen LogP contribution in [-0.4, -0.2) is 33.6 Å². The van der Waals surface area contributed by atoms with Crippen LogP contribution in [0.25, 0.3) is 5.65 Å². The van der Waals surface area contributed by atoms with E-state index in [1.54, 1.807) is 6.20 Å². The predicted molar refractivity (Wildman–Crippen MR) is 82.4 cm³/mol. The average Bonchev–Trinajstić information content (AvgIpc) is 2.86. The maximum Gasteiger partial charge on any atom is 0.269 e. The molecule has 1 amide bonds. The van der Waals surface area contributed by atoms with Gasteiger partial charge in [0.05, 0.1) is 6.20 Å². The van der Waals surface area contributed by atoms with E-state index in [9.17, 15) is 9.90 Å². The van der Waals surface area contributed by atoms with Crippen molar-refractivity contribution in [2.75, 3.05) is 13.2 Å². The van der Waals surface area contributed by atoms with E-state index in [4.69, 9.17) is 0 Å². The van der Waals surface area contributed by atoms with Crippen LogP contribution in [0, 0.1) is 12.3 Å².